The molecule has 0 saturated heterocycles. The number of rotatable bonds is 5. The fraction of sp³-hybridized carbons (Fsp3) is 0.250. The van der Waals surface area contributed by atoms with Gasteiger partial charge in [0.25, 0.3) is 0 Å². The van der Waals surface area contributed by atoms with Crippen LogP contribution in [0.5, 0.6) is 0 Å². The average molecular weight is 283 g/mol. The van der Waals surface area contributed by atoms with Crippen LogP contribution in [0.1, 0.15) is 16.1 Å². The number of nitrogens with two attached hydrogens (primary N) is 1. The molecule has 7 heteroatoms. The number of hydrogen-bond acceptors (Lipinski definition) is 4. The first-order valence-electron chi connectivity index (χ1n) is 5.67. The van der Waals surface area contributed by atoms with E-state index >= 15 is 0 Å². The maximum Gasteiger partial charge on any atom is 0.189 e. The standard InChI is InChI=1S/C12H12ClFN4O/c13-9-2-1-8(10(14)6-9)5-12(19)11-7-18(4-3-15)17-16-11/h1-2,6-7H,3-5,15H2. The molecular weight excluding hydrogens is 271 g/mol. The molecule has 0 unspecified atom stereocenters. The van der Waals surface area contributed by atoms with Crippen LogP contribution in [0.4, 0.5) is 4.39 Å². The fourth-order valence-corrected chi connectivity index (χ4v) is 1.76. The molecule has 0 bridgehead atoms. The molecule has 0 aliphatic heterocycles. The zero-order valence-electron chi connectivity index (χ0n) is 10.0. The van der Waals surface area contributed by atoms with Crippen molar-refractivity contribution in [3.05, 3.63) is 46.5 Å². The third-order valence-corrected chi connectivity index (χ3v) is 2.78. The first-order chi connectivity index (χ1) is 9.10. The Labute approximate surface area is 114 Å². The lowest BCUT2D eigenvalue weighted by molar-refractivity contribution is 0.0987. The number of ketones is 1. The Balaban J connectivity index is 2.11. The summed E-state index contributed by atoms with van der Waals surface area (Å²) in [5, 5.41) is 7.79. The maximum atomic E-state index is 13.6. The molecule has 0 saturated carbocycles. The van der Waals surface area contributed by atoms with Crippen molar-refractivity contribution in [2.24, 2.45) is 5.73 Å². The van der Waals surface area contributed by atoms with Gasteiger partial charge in [-0.1, -0.05) is 22.9 Å². The minimum absolute atomic E-state index is 0.0790. The topological polar surface area (TPSA) is 73.8 Å². The molecule has 0 spiro atoms. The molecule has 0 atom stereocenters. The van der Waals surface area contributed by atoms with Crippen molar-refractivity contribution in [2.45, 2.75) is 13.0 Å². The van der Waals surface area contributed by atoms with Crippen LogP contribution in [0.25, 0.3) is 0 Å². The van der Waals surface area contributed by atoms with E-state index in [1.54, 1.807) is 6.07 Å². The first kappa shape index (κ1) is 13.6. The van der Waals surface area contributed by atoms with E-state index in [1.807, 2.05) is 0 Å². The van der Waals surface area contributed by atoms with E-state index in [9.17, 15) is 9.18 Å². The van der Waals surface area contributed by atoms with Crippen LogP contribution < -0.4 is 5.73 Å². The summed E-state index contributed by atoms with van der Waals surface area (Å²) in [5.74, 6) is -0.806. The Morgan fingerprint density at radius 2 is 2.26 bits per heavy atom. The van der Waals surface area contributed by atoms with Gasteiger partial charge in [-0.05, 0) is 17.7 Å². The molecule has 1 heterocycles. The molecular formula is C12H12ClFN4O. The van der Waals surface area contributed by atoms with Crippen molar-refractivity contribution in [2.75, 3.05) is 6.54 Å². The van der Waals surface area contributed by atoms with E-state index < -0.39 is 5.82 Å². The van der Waals surface area contributed by atoms with E-state index in [-0.39, 0.29) is 23.5 Å². The Hall–Kier alpha value is -1.79. The summed E-state index contributed by atoms with van der Waals surface area (Å²) in [6, 6.07) is 4.20. The maximum absolute atomic E-state index is 13.6. The highest BCUT2D eigenvalue weighted by Gasteiger charge is 2.14. The molecule has 2 N–H and O–H groups in total. The summed E-state index contributed by atoms with van der Waals surface area (Å²) in [6.07, 6.45) is 1.42. The zero-order chi connectivity index (χ0) is 13.8. The molecule has 0 aliphatic rings. The predicted octanol–water partition coefficient (Wildman–Crippen LogP) is 1.45. The normalized spacial score (nSPS) is 10.7. The van der Waals surface area contributed by atoms with Crippen molar-refractivity contribution in [1.29, 1.82) is 0 Å². The Morgan fingerprint density at radius 1 is 1.47 bits per heavy atom. The van der Waals surface area contributed by atoms with E-state index in [1.165, 1.54) is 23.0 Å². The van der Waals surface area contributed by atoms with Crippen LogP contribution in [0, 0.1) is 5.82 Å². The smallest absolute Gasteiger partial charge is 0.189 e. The first-order valence-corrected chi connectivity index (χ1v) is 6.05. The number of carbonyl (C=O) groups excluding carboxylic acids is 1. The molecule has 1 aromatic heterocycles. The van der Waals surface area contributed by atoms with Crippen molar-refractivity contribution < 1.29 is 9.18 Å². The number of carbonyl (C=O) groups is 1. The average Bonchev–Trinajstić information content (AvgIpc) is 2.82. The van der Waals surface area contributed by atoms with Gasteiger partial charge in [-0.15, -0.1) is 5.10 Å². The van der Waals surface area contributed by atoms with Crippen molar-refractivity contribution in [3.8, 4) is 0 Å². The van der Waals surface area contributed by atoms with Crippen molar-refractivity contribution in [1.82, 2.24) is 15.0 Å². The van der Waals surface area contributed by atoms with Crippen LogP contribution >= 0.6 is 11.6 Å². The molecule has 19 heavy (non-hydrogen) atoms. The highest BCUT2D eigenvalue weighted by molar-refractivity contribution is 6.30. The third kappa shape index (κ3) is 3.36. The molecule has 2 aromatic rings. The molecule has 0 radical (unpaired) electrons. The van der Waals surface area contributed by atoms with Gasteiger partial charge in [0.15, 0.2) is 5.78 Å². The fourth-order valence-electron chi connectivity index (χ4n) is 1.60. The minimum atomic E-state index is -0.504. The summed E-state index contributed by atoms with van der Waals surface area (Å²) >= 11 is 5.65. The Kier molecular flexibility index (Phi) is 4.24. The number of aromatic nitrogens is 3. The monoisotopic (exact) mass is 282 g/mol. The molecule has 1 aromatic carbocycles. The van der Waals surface area contributed by atoms with E-state index in [0.717, 1.165) is 0 Å². The summed E-state index contributed by atoms with van der Waals surface area (Å²) in [7, 11) is 0. The molecule has 5 nitrogen and oxygen atoms in total. The van der Waals surface area contributed by atoms with E-state index in [2.05, 4.69) is 10.3 Å². The summed E-state index contributed by atoms with van der Waals surface area (Å²) in [6.45, 7) is 0.887. The summed E-state index contributed by atoms with van der Waals surface area (Å²) in [4.78, 5) is 11.9. The van der Waals surface area contributed by atoms with Crippen LogP contribution in [0.15, 0.2) is 24.4 Å². The number of halogens is 2. The van der Waals surface area contributed by atoms with Gasteiger partial charge in [-0.3, -0.25) is 9.48 Å². The van der Waals surface area contributed by atoms with Gasteiger partial charge in [0.1, 0.15) is 11.5 Å². The van der Waals surface area contributed by atoms with Gasteiger partial charge in [-0.2, -0.15) is 0 Å². The van der Waals surface area contributed by atoms with Gasteiger partial charge in [-0.25, -0.2) is 4.39 Å². The second-order valence-corrected chi connectivity index (χ2v) is 4.43. The quantitative estimate of drug-likeness (QED) is 0.843. The molecule has 0 aliphatic carbocycles. The zero-order valence-corrected chi connectivity index (χ0v) is 10.8. The molecule has 0 fully saturated rings. The van der Waals surface area contributed by atoms with Crippen LogP contribution in [0.2, 0.25) is 5.02 Å². The van der Waals surface area contributed by atoms with Crippen molar-refractivity contribution in [3.63, 3.8) is 0 Å². The van der Waals surface area contributed by atoms with Gasteiger partial charge in [0.05, 0.1) is 12.7 Å². The molecule has 100 valence electrons. The van der Waals surface area contributed by atoms with Crippen LogP contribution in [0.3, 0.4) is 0 Å². The number of Topliss-reactive ketones (excluding diaryl/α,β-unsaturated/α-hetero) is 1. The second-order valence-electron chi connectivity index (χ2n) is 3.99. The van der Waals surface area contributed by atoms with E-state index in [0.29, 0.717) is 18.1 Å². The highest BCUT2D eigenvalue weighted by atomic mass is 35.5. The van der Waals surface area contributed by atoms with Crippen LogP contribution in [-0.4, -0.2) is 27.3 Å². The lowest BCUT2D eigenvalue weighted by Gasteiger charge is -2.01. The van der Waals surface area contributed by atoms with Crippen molar-refractivity contribution >= 4 is 17.4 Å². The Bertz CT molecular complexity index is 599. The molecule has 2 rings (SSSR count). The lowest BCUT2D eigenvalue weighted by atomic mass is 10.1. The van der Waals surface area contributed by atoms with Gasteiger partial charge in [0.2, 0.25) is 0 Å². The number of benzene rings is 1. The third-order valence-electron chi connectivity index (χ3n) is 2.55. The predicted molar refractivity (Wildman–Crippen MR) is 68.5 cm³/mol. The minimum Gasteiger partial charge on any atom is -0.329 e. The summed E-state index contributed by atoms with van der Waals surface area (Å²) in [5.41, 5.74) is 5.85. The molecule has 0 amide bonds. The van der Waals surface area contributed by atoms with Gasteiger partial charge >= 0.3 is 0 Å². The van der Waals surface area contributed by atoms with Gasteiger partial charge < -0.3 is 5.73 Å². The second kappa shape index (κ2) is 5.90. The SMILES string of the molecule is NCCn1cc(C(=O)Cc2ccc(Cl)cc2F)nn1. The highest BCUT2D eigenvalue weighted by Crippen LogP contribution is 2.16. The Morgan fingerprint density at radius 3 is 2.95 bits per heavy atom. The van der Waals surface area contributed by atoms with E-state index in [4.69, 9.17) is 17.3 Å². The lowest BCUT2D eigenvalue weighted by Crippen LogP contribution is -2.10. The number of nitrogens with zero attached hydrogens (tertiary/aromatic N) is 3. The summed E-state index contributed by atoms with van der Waals surface area (Å²) < 4.78 is 15.0. The van der Waals surface area contributed by atoms with Crippen LogP contribution in [-0.2, 0) is 13.0 Å². The number of hydrogen-bond donors (Lipinski definition) is 1. The van der Waals surface area contributed by atoms with Gasteiger partial charge in [0, 0.05) is 18.0 Å². The largest absolute Gasteiger partial charge is 0.329 e.